The molecule has 19 heavy (non-hydrogen) atoms. The average Bonchev–Trinajstić information content (AvgIpc) is 2.75. The molecule has 0 saturated carbocycles. The van der Waals surface area contributed by atoms with Gasteiger partial charge in [-0.2, -0.15) is 0 Å². The van der Waals surface area contributed by atoms with Gasteiger partial charge in [-0.25, -0.2) is 0 Å². The van der Waals surface area contributed by atoms with Gasteiger partial charge in [0, 0.05) is 11.3 Å². The molecule has 1 heterocycles. The molecule has 1 aromatic carbocycles. The van der Waals surface area contributed by atoms with Crippen LogP contribution in [-0.4, -0.2) is 5.91 Å². The van der Waals surface area contributed by atoms with Crippen LogP contribution in [0.5, 0.6) is 0 Å². The molecule has 1 aromatic heterocycles. The number of anilines is 1. The molecule has 2 aromatic rings. The molecular formula is C15H16ClNO2. The molecule has 0 aliphatic heterocycles. The number of nitrogens with one attached hydrogen (secondary N) is 1. The molecule has 0 radical (unpaired) electrons. The van der Waals surface area contributed by atoms with Crippen molar-refractivity contribution in [2.75, 3.05) is 5.32 Å². The van der Waals surface area contributed by atoms with Crippen molar-refractivity contribution in [3.05, 3.63) is 52.5 Å². The van der Waals surface area contributed by atoms with Crippen molar-refractivity contribution in [3.63, 3.8) is 0 Å². The predicted octanol–water partition coefficient (Wildman–Crippen LogP) is 4.20. The summed E-state index contributed by atoms with van der Waals surface area (Å²) in [5.41, 5.74) is 3.71. The normalized spacial score (nSPS) is 10.5. The van der Waals surface area contributed by atoms with E-state index in [4.69, 9.17) is 16.0 Å². The summed E-state index contributed by atoms with van der Waals surface area (Å²) in [7, 11) is 0. The lowest BCUT2D eigenvalue weighted by Gasteiger charge is -2.10. The SMILES string of the molecule is Cc1cccc(C)c1NC(=O)c1cc(CCl)c(C)o1. The highest BCUT2D eigenvalue weighted by molar-refractivity contribution is 6.17. The van der Waals surface area contributed by atoms with Gasteiger partial charge >= 0.3 is 0 Å². The van der Waals surface area contributed by atoms with Crippen LogP contribution in [0.15, 0.2) is 28.7 Å². The number of carbonyl (C=O) groups excluding carboxylic acids is 1. The molecule has 100 valence electrons. The zero-order valence-electron chi connectivity index (χ0n) is 11.2. The number of hydrogen-bond acceptors (Lipinski definition) is 2. The number of para-hydroxylation sites is 1. The molecular weight excluding hydrogens is 262 g/mol. The summed E-state index contributed by atoms with van der Waals surface area (Å²) in [4.78, 5) is 12.2. The van der Waals surface area contributed by atoms with Crippen LogP contribution in [0.2, 0.25) is 0 Å². The highest BCUT2D eigenvalue weighted by Gasteiger charge is 2.15. The van der Waals surface area contributed by atoms with Gasteiger partial charge in [0.05, 0.1) is 5.88 Å². The van der Waals surface area contributed by atoms with Crippen LogP contribution >= 0.6 is 11.6 Å². The summed E-state index contributed by atoms with van der Waals surface area (Å²) < 4.78 is 5.42. The third kappa shape index (κ3) is 2.82. The summed E-state index contributed by atoms with van der Waals surface area (Å²) in [6.07, 6.45) is 0. The average molecular weight is 278 g/mol. The Bertz CT molecular complexity index is 596. The first-order valence-electron chi connectivity index (χ1n) is 6.05. The lowest BCUT2D eigenvalue weighted by Crippen LogP contribution is -2.12. The van der Waals surface area contributed by atoms with Crippen molar-refractivity contribution in [2.45, 2.75) is 26.7 Å². The highest BCUT2D eigenvalue weighted by atomic mass is 35.5. The van der Waals surface area contributed by atoms with Crippen molar-refractivity contribution in [1.29, 1.82) is 0 Å². The van der Waals surface area contributed by atoms with E-state index in [1.165, 1.54) is 0 Å². The van der Waals surface area contributed by atoms with Gasteiger partial charge in [0.2, 0.25) is 0 Å². The molecule has 0 spiro atoms. The van der Waals surface area contributed by atoms with Crippen LogP contribution < -0.4 is 5.32 Å². The molecule has 0 saturated heterocycles. The number of hydrogen-bond donors (Lipinski definition) is 1. The minimum atomic E-state index is -0.253. The van der Waals surface area contributed by atoms with Crippen LogP contribution in [0.25, 0.3) is 0 Å². The number of aryl methyl sites for hydroxylation is 3. The van der Waals surface area contributed by atoms with Gasteiger partial charge in [-0.1, -0.05) is 18.2 Å². The van der Waals surface area contributed by atoms with Gasteiger partial charge < -0.3 is 9.73 Å². The molecule has 3 nitrogen and oxygen atoms in total. The molecule has 0 aliphatic carbocycles. The molecule has 2 rings (SSSR count). The van der Waals surface area contributed by atoms with Gasteiger partial charge in [0.1, 0.15) is 5.76 Å². The van der Waals surface area contributed by atoms with Gasteiger partial charge in [0.15, 0.2) is 5.76 Å². The standard InChI is InChI=1S/C15H16ClNO2/c1-9-5-4-6-10(2)14(9)17-15(18)13-7-12(8-16)11(3)19-13/h4-7H,8H2,1-3H3,(H,17,18). The van der Waals surface area contributed by atoms with E-state index in [-0.39, 0.29) is 11.7 Å². The number of halogens is 1. The van der Waals surface area contributed by atoms with Gasteiger partial charge in [-0.15, -0.1) is 11.6 Å². The third-order valence-electron chi connectivity index (χ3n) is 3.11. The first-order chi connectivity index (χ1) is 9.02. The highest BCUT2D eigenvalue weighted by Crippen LogP contribution is 2.22. The molecule has 0 aliphatic rings. The Kier molecular flexibility index (Phi) is 3.96. The maximum Gasteiger partial charge on any atom is 0.291 e. The van der Waals surface area contributed by atoms with Crippen molar-refractivity contribution in [3.8, 4) is 0 Å². The Morgan fingerprint density at radius 1 is 1.26 bits per heavy atom. The molecule has 0 fully saturated rings. The zero-order chi connectivity index (χ0) is 14.0. The Morgan fingerprint density at radius 3 is 2.42 bits per heavy atom. The van der Waals surface area contributed by atoms with Crippen molar-refractivity contribution >= 4 is 23.2 Å². The molecule has 0 unspecified atom stereocenters. The Balaban J connectivity index is 2.25. The van der Waals surface area contributed by atoms with E-state index in [0.29, 0.717) is 11.6 Å². The molecule has 1 N–H and O–H groups in total. The molecule has 0 bridgehead atoms. The van der Waals surface area contributed by atoms with Crippen molar-refractivity contribution in [1.82, 2.24) is 0 Å². The minimum absolute atomic E-state index is 0.253. The Labute approximate surface area is 117 Å². The van der Waals surface area contributed by atoms with E-state index in [1.807, 2.05) is 32.0 Å². The van der Waals surface area contributed by atoms with Crippen molar-refractivity contribution < 1.29 is 9.21 Å². The van der Waals surface area contributed by atoms with E-state index in [0.717, 1.165) is 22.4 Å². The maximum atomic E-state index is 12.2. The van der Waals surface area contributed by atoms with Crippen molar-refractivity contribution in [2.24, 2.45) is 0 Å². The smallest absolute Gasteiger partial charge is 0.291 e. The van der Waals surface area contributed by atoms with Crippen LogP contribution in [0.4, 0.5) is 5.69 Å². The third-order valence-corrected chi connectivity index (χ3v) is 3.40. The van der Waals surface area contributed by atoms with Crippen LogP contribution in [0.3, 0.4) is 0 Å². The Morgan fingerprint density at radius 2 is 1.89 bits per heavy atom. The first kappa shape index (κ1) is 13.7. The van der Waals surface area contributed by atoms with E-state index < -0.39 is 0 Å². The van der Waals surface area contributed by atoms with Crippen LogP contribution in [0, 0.1) is 20.8 Å². The molecule has 1 amide bonds. The van der Waals surface area contributed by atoms with E-state index in [2.05, 4.69) is 5.32 Å². The molecule has 4 heteroatoms. The monoisotopic (exact) mass is 277 g/mol. The summed E-state index contributed by atoms with van der Waals surface area (Å²) in [6.45, 7) is 5.72. The number of benzene rings is 1. The lowest BCUT2D eigenvalue weighted by atomic mass is 10.1. The number of amides is 1. The lowest BCUT2D eigenvalue weighted by molar-refractivity contribution is 0.0995. The largest absolute Gasteiger partial charge is 0.456 e. The number of alkyl halides is 1. The second kappa shape index (κ2) is 5.49. The van der Waals surface area contributed by atoms with Gasteiger partial charge in [-0.05, 0) is 38.0 Å². The number of furan rings is 1. The predicted molar refractivity (Wildman–Crippen MR) is 76.9 cm³/mol. The quantitative estimate of drug-likeness (QED) is 0.855. The number of carbonyl (C=O) groups is 1. The fourth-order valence-electron chi connectivity index (χ4n) is 1.95. The maximum absolute atomic E-state index is 12.2. The Hall–Kier alpha value is -1.74. The topological polar surface area (TPSA) is 42.2 Å². The summed E-state index contributed by atoms with van der Waals surface area (Å²) >= 11 is 5.77. The van der Waals surface area contributed by atoms with Gasteiger partial charge in [0.25, 0.3) is 5.91 Å². The second-order valence-corrected chi connectivity index (χ2v) is 4.81. The van der Waals surface area contributed by atoms with Crippen LogP contribution in [-0.2, 0) is 5.88 Å². The fourth-order valence-corrected chi connectivity index (χ4v) is 2.22. The summed E-state index contributed by atoms with van der Waals surface area (Å²) in [6, 6.07) is 7.56. The molecule has 0 atom stereocenters. The number of rotatable bonds is 3. The van der Waals surface area contributed by atoms with E-state index in [1.54, 1.807) is 13.0 Å². The fraction of sp³-hybridized carbons (Fsp3) is 0.267. The first-order valence-corrected chi connectivity index (χ1v) is 6.59. The van der Waals surface area contributed by atoms with E-state index in [9.17, 15) is 4.79 Å². The zero-order valence-corrected chi connectivity index (χ0v) is 12.0. The minimum Gasteiger partial charge on any atom is -0.456 e. The second-order valence-electron chi connectivity index (χ2n) is 4.55. The van der Waals surface area contributed by atoms with Gasteiger partial charge in [-0.3, -0.25) is 4.79 Å². The summed E-state index contributed by atoms with van der Waals surface area (Å²) in [5, 5.41) is 2.88. The summed E-state index contributed by atoms with van der Waals surface area (Å²) in [5.74, 6) is 1.06. The van der Waals surface area contributed by atoms with Crippen LogP contribution in [0.1, 0.15) is 33.0 Å². The van der Waals surface area contributed by atoms with E-state index >= 15 is 0 Å².